The van der Waals surface area contributed by atoms with E-state index in [0.29, 0.717) is 16.4 Å². The summed E-state index contributed by atoms with van der Waals surface area (Å²) in [6.45, 7) is 0. The Morgan fingerprint density at radius 3 is 2.80 bits per heavy atom. The van der Waals surface area contributed by atoms with Crippen molar-refractivity contribution in [2.45, 2.75) is 0 Å². The molecule has 0 spiro atoms. The first kappa shape index (κ1) is 15.9. The van der Waals surface area contributed by atoms with Crippen molar-refractivity contribution in [2.24, 2.45) is 10.9 Å². The molecule has 0 fully saturated rings. The van der Waals surface area contributed by atoms with Crippen LogP contribution in [0.5, 0.6) is 0 Å². The summed E-state index contributed by atoms with van der Waals surface area (Å²) in [7, 11) is 0. The van der Waals surface area contributed by atoms with Crippen LogP contribution in [-0.2, 0) is 4.79 Å². The first-order chi connectivity index (χ1) is 12.0. The van der Waals surface area contributed by atoms with Gasteiger partial charge in [0.05, 0.1) is 5.02 Å². The van der Waals surface area contributed by atoms with Crippen molar-refractivity contribution in [3.63, 3.8) is 0 Å². The third kappa shape index (κ3) is 2.71. The maximum absolute atomic E-state index is 13.6. The van der Waals surface area contributed by atoms with Crippen molar-refractivity contribution in [2.75, 3.05) is 0 Å². The molecule has 2 aliphatic rings. The van der Waals surface area contributed by atoms with Crippen molar-refractivity contribution in [3.05, 3.63) is 65.0 Å². The van der Waals surface area contributed by atoms with Crippen LogP contribution < -0.4 is 0 Å². The Morgan fingerprint density at radius 2 is 2.08 bits per heavy atom. The van der Waals surface area contributed by atoms with Crippen molar-refractivity contribution in [1.29, 1.82) is 0 Å². The molecule has 2 heterocycles. The second-order valence-electron chi connectivity index (χ2n) is 5.31. The summed E-state index contributed by atoms with van der Waals surface area (Å²) in [6.07, 6.45) is 6.67. The van der Waals surface area contributed by atoms with Crippen LogP contribution in [0.15, 0.2) is 59.9 Å². The van der Waals surface area contributed by atoms with Crippen LogP contribution in [-0.4, -0.2) is 36.9 Å². The van der Waals surface area contributed by atoms with Crippen molar-refractivity contribution in [3.8, 4) is 0 Å². The molecule has 25 heavy (non-hydrogen) atoms. The van der Waals surface area contributed by atoms with Crippen LogP contribution in [0.2, 0.25) is 10.0 Å². The number of hydrogen-bond donors (Lipinski definition) is 0. The lowest BCUT2D eigenvalue weighted by Crippen LogP contribution is -2.41. The molecule has 1 aliphatic carbocycles. The molecule has 1 aromatic heterocycles. The maximum Gasteiger partial charge on any atom is 0.432 e. The van der Waals surface area contributed by atoms with E-state index in [-0.39, 0.29) is 11.0 Å². The number of hydrogen-bond acceptors (Lipinski definition) is 4. The summed E-state index contributed by atoms with van der Waals surface area (Å²) >= 11 is 12.2. The van der Waals surface area contributed by atoms with E-state index in [1.807, 2.05) is 0 Å². The lowest BCUT2D eigenvalue weighted by Gasteiger charge is -2.20. The zero-order chi connectivity index (χ0) is 17.6. The zero-order valence-corrected chi connectivity index (χ0v) is 14.0. The standard InChI is InChI=1S/C16H9Cl2FN5O/c17-9-1-4-14(12(18)5-9)24-15(25)11-6-10(19)2-3-13(11)22-16(24)23-8-20-7-21-23/h1-8,11H/q+1. The monoisotopic (exact) mass is 376 g/mol. The number of aromatic nitrogens is 3. The Balaban J connectivity index is 1.99. The minimum atomic E-state index is -0.844. The molecule has 0 saturated carbocycles. The molecular formula is C16H9Cl2FN5O+. The van der Waals surface area contributed by atoms with Gasteiger partial charge in [-0.1, -0.05) is 38.0 Å². The van der Waals surface area contributed by atoms with E-state index in [1.165, 1.54) is 46.2 Å². The maximum atomic E-state index is 13.6. The number of carbonyl (C=O) groups is 1. The quantitative estimate of drug-likeness (QED) is 0.718. The normalized spacial score (nSPS) is 19.6. The third-order valence-corrected chi connectivity index (χ3v) is 4.29. The molecule has 0 bridgehead atoms. The van der Waals surface area contributed by atoms with Gasteiger partial charge in [-0.05, 0) is 36.4 Å². The number of amides is 1. The van der Waals surface area contributed by atoms with E-state index in [9.17, 15) is 9.18 Å². The van der Waals surface area contributed by atoms with Crippen molar-refractivity contribution in [1.82, 2.24) is 14.8 Å². The minimum absolute atomic E-state index is 0.193. The number of benzene rings is 1. The predicted molar refractivity (Wildman–Crippen MR) is 91.1 cm³/mol. The van der Waals surface area contributed by atoms with Gasteiger partial charge in [-0.25, -0.2) is 9.37 Å². The lowest BCUT2D eigenvalue weighted by atomic mass is 9.95. The predicted octanol–water partition coefficient (Wildman–Crippen LogP) is 3.15. The largest absolute Gasteiger partial charge is 0.432 e. The molecule has 1 atom stereocenters. The second kappa shape index (κ2) is 6.02. The average Bonchev–Trinajstić information content (AvgIpc) is 3.11. The van der Waals surface area contributed by atoms with Crippen LogP contribution in [0.3, 0.4) is 0 Å². The highest BCUT2D eigenvalue weighted by Gasteiger charge is 2.40. The van der Waals surface area contributed by atoms with Gasteiger partial charge in [0.1, 0.15) is 23.1 Å². The van der Waals surface area contributed by atoms with Gasteiger partial charge in [-0.2, -0.15) is 4.58 Å². The van der Waals surface area contributed by atoms with Crippen LogP contribution in [0, 0.1) is 5.92 Å². The number of carbonyl (C=O) groups excluding carboxylic acids is 1. The molecule has 1 aromatic carbocycles. The van der Waals surface area contributed by atoms with E-state index < -0.39 is 17.7 Å². The van der Waals surface area contributed by atoms with Gasteiger partial charge in [0, 0.05) is 5.02 Å². The van der Waals surface area contributed by atoms with Gasteiger partial charge in [0.2, 0.25) is 0 Å². The molecule has 4 rings (SSSR count). The fourth-order valence-electron chi connectivity index (χ4n) is 2.63. The second-order valence-corrected chi connectivity index (χ2v) is 6.15. The van der Waals surface area contributed by atoms with Crippen LogP contribution in [0.4, 0.5) is 10.1 Å². The first-order valence-electron chi connectivity index (χ1n) is 7.19. The number of nitrogens with zero attached hydrogens (tertiary/aromatic N) is 5. The average molecular weight is 377 g/mol. The Bertz CT molecular complexity index is 1010. The SMILES string of the molecule is O=C1C2C=C(F)C=CC2=NC(n2cncn2)=[N+]1c1ccc(Cl)cc1Cl. The molecule has 9 heteroatoms. The summed E-state index contributed by atoms with van der Waals surface area (Å²) in [5.41, 5.74) is 0.783. The van der Waals surface area contributed by atoms with Gasteiger partial charge in [-0.15, -0.1) is 0 Å². The number of halogens is 3. The van der Waals surface area contributed by atoms with Crippen LogP contribution in [0.1, 0.15) is 0 Å². The first-order valence-corrected chi connectivity index (χ1v) is 7.95. The number of fused-ring (bicyclic) bond motifs is 1. The summed E-state index contributed by atoms with van der Waals surface area (Å²) < 4.78 is 16.3. The van der Waals surface area contributed by atoms with Gasteiger partial charge < -0.3 is 0 Å². The molecule has 1 aliphatic heterocycles. The highest BCUT2D eigenvalue weighted by Crippen LogP contribution is 2.31. The Hall–Kier alpha value is -2.64. The van der Waals surface area contributed by atoms with E-state index in [1.54, 1.807) is 12.1 Å². The fraction of sp³-hybridized carbons (Fsp3) is 0.0625. The Kier molecular flexibility index (Phi) is 3.82. The van der Waals surface area contributed by atoms with Gasteiger partial charge in [-0.3, -0.25) is 4.79 Å². The van der Waals surface area contributed by atoms with Gasteiger partial charge >= 0.3 is 11.9 Å². The lowest BCUT2D eigenvalue weighted by molar-refractivity contribution is -0.373. The molecular weight excluding hydrogens is 368 g/mol. The molecule has 0 radical (unpaired) electrons. The summed E-state index contributed by atoms with van der Waals surface area (Å²) in [4.78, 5) is 21.4. The smallest absolute Gasteiger partial charge is 0.255 e. The summed E-state index contributed by atoms with van der Waals surface area (Å²) in [5.74, 6) is -1.55. The Labute approximate surface area is 151 Å². The van der Waals surface area contributed by atoms with Crippen molar-refractivity contribution >= 4 is 46.5 Å². The highest BCUT2D eigenvalue weighted by molar-refractivity contribution is 6.36. The van der Waals surface area contributed by atoms with Crippen LogP contribution in [0.25, 0.3) is 0 Å². The van der Waals surface area contributed by atoms with Crippen LogP contribution >= 0.6 is 23.2 Å². The van der Waals surface area contributed by atoms with Gasteiger partial charge in [0.15, 0.2) is 12.7 Å². The summed E-state index contributed by atoms with van der Waals surface area (Å²) in [6, 6.07) is 4.71. The summed E-state index contributed by atoms with van der Waals surface area (Å²) in [5, 5.41) is 4.72. The van der Waals surface area contributed by atoms with E-state index in [2.05, 4.69) is 15.1 Å². The van der Waals surface area contributed by atoms with Crippen molar-refractivity contribution < 1.29 is 13.8 Å². The molecule has 1 unspecified atom stereocenters. The van der Waals surface area contributed by atoms with Gasteiger partial charge in [0.25, 0.3) is 0 Å². The molecule has 2 aromatic rings. The number of allylic oxidation sites excluding steroid dienone is 3. The molecule has 124 valence electrons. The minimum Gasteiger partial charge on any atom is -0.255 e. The van der Waals surface area contributed by atoms with E-state index >= 15 is 0 Å². The van der Waals surface area contributed by atoms with E-state index in [0.717, 1.165) is 0 Å². The number of rotatable bonds is 1. The topological polar surface area (TPSA) is 63.1 Å². The van der Waals surface area contributed by atoms with E-state index in [4.69, 9.17) is 23.2 Å². The third-order valence-electron chi connectivity index (χ3n) is 3.75. The molecule has 0 saturated heterocycles. The molecule has 1 amide bonds. The molecule has 6 nitrogen and oxygen atoms in total. The highest BCUT2D eigenvalue weighted by atomic mass is 35.5. The zero-order valence-electron chi connectivity index (χ0n) is 12.5. The fourth-order valence-corrected chi connectivity index (χ4v) is 3.12. The number of aliphatic imine (C=N–C) groups is 1. The molecule has 0 N–H and O–H groups in total. The Morgan fingerprint density at radius 1 is 1.24 bits per heavy atom.